The number of hydrogen-bond acceptors (Lipinski definition) is 2. The number of rotatable bonds is 1. The monoisotopic (exact) mass is 260 g/mol. The molecule has 1 saturated carbocycles. The Morgan fingerprint density at radius 1 is 1.38 bits per heavy atom. The van der Waals surface area contributed by atoms with Gasteiger partial charge in [0.05, 0.1) is 10.2 Å². The first-order valence-electron chi connectivity index (χ1n) is 4.38. The van der Waals surface area contributed by atoms with Crippen molar-refractivity contribution in [3.8, 4) is 0 Å². The van der Waals surface area contributed by atoms with Crippen LogP contribution < -0.4 is 0 Å². The van der Waals surface area contributed by atoms with E-state index in [-0.39, 0.29) is 0 Å². The van der Waals surface area contributed by atoms with E-state index in [0.717, 1.165) is 16.0 Å². The van der Waals surface area contributed by atoms with Gasteiger partial charge in [0.25, 0.3) is 0 Å². The molecule has 0 aromatic carbocycles. The molecule has 0 amide bonds. The van der Waals surface area contributed by atoms with Gasteiger partial charge in [-0.25, -0.2) is 9.97 Å². The fourth-order valence-corrected chi connectivity index (χ4v) is 1.79. The van der Waals surface area contributed by atoms with Crippen molar-refractivity contribution < 1.29 is 0 Å². The lowest BCUT2D eigenvalue weighted by atomic mass is 9.85. The van der Waals surface area contributed by atoms with Gasteiger partial charge in [0.2, 0.25) is 0 Å². The summed E-state index contributed by atoms with van der Waals surface area (Å²) in [5, 5.41) is 0.536. The third-order valence-corrected chi connectivity index (χ3v) is 3.92. The lowest BCUT2D eigenvalue weighted by molar-refractivity contribution is 0.400. The molecule has 1 aromatic rings. The van der Waals surface area contributed by atoms with Crippen molar-refractivity contribution in [2.24, 2.45) is 0 Å². The Balaban J connectivity index is 2.37. The smallest absolute Gasteiger partial charge is 0.147 e. The first-order chi connectivity index (χ1) is 6.18. The molecule has 1 fully saturated rings. The van der Waals surface area contributed by atoms with Crippen LogP contribution in [0.5, 0.6) is 0 Å². The predicted molar refractivity (Wildman–Crippen MR) is 56.1 cm³/mol. The second-order valence-corrected chi connectivity index (χ2v) is 4.55. The van der Waals surface area contributed by atoms with Crippen molar-refractivity contribution in [1.82, 2.24) is 9.97 Å². The van der Waals surface area contributed by atoms with E-state index in [0.29, 0.717) is 11.1 Å². The first kappa shape index (κ1) is 9.41. The van der Waals surface area contributed by atoms with Crippen LogP contribution in [-0.4, -0.2) is 9.97 Å². The van der Waals surface area contributed by atoms with Crippen molar-refractivity contribution in [3.05, 3.63) is 21.1 Å². The molecule has 0 N–H and O–H groups in total. The van der Waals surface area contributed by atoms with Gasteiger partial charge in [-0.1, -0.05) is 18.0 Å². The Morgan fingerprint density at radius 2 is 2.08 bits per heavy atom. The van der Waals surface area contributed by atoms with Crippen LogP contribution in [0.4, 0.5) is 0 Å². The van der Waals surface area contributed by atoms with E-state index in [9.17, 15) is 0 Å². The molecule has 13 heavy (non-hydrogen) atoms. The van der Waals surface area contributed by atoms with Crippen LogP contribution in [0.2, 0.25) is 5.15 Å². The van der Waals surface area contributed by atoms with E-state index in [1.165, 1.54) is 19.3 Å². The largest absolute Gasteiger partial charge is 0.237 e. The van der Waals surface area contributed by atoms with Gasteiger partial charge in [-0.3, -0.25) is 0 Å². The van der Waals surface area contributed by atoms with Crippen LogP contribution in [0.25, 0.3) is 0 Å². The summed E-state index contributed by atoms with van der Waals surface area (Å²) in [7, 11) is 0. The Kier molecular flexibility index (Phi) is 2.56. The summed E-state index contributed by atoms with van der Waals surface area (Å²) in [5.41, 5.74) is 0.932. The fourth-order valence-electron chi connectivity index (χ4n) is 1.39. The number of nitrogens with zero attached hydrogens (tertiary/aromatic N) is 2. The molecule has 0 aliphatic heterocycles. The zero-order valence-corrected chi connectivity index (χ0v) is 9.69. The molecule has 0 spiro atoms. The van der Waals surface area contributed by atoms with Crippen LogP contribution >= 0.6 is 27.5 Å². The van der Waals surface area contributed by atoms with Crippen molar-refractivity contribution >= 4 is 27.5 Å². The average molecular weight is 262 g/mol. The van der Waals surface area contributed by atoms with Crippen LogP contribution in [0.1, 0.15) is 36.7 Å². The second-order valence-electron chi connectivity index (χ2n) is 3.40. The Hall–Kier alpha value is -0.150. The minimum Gasteiger partial charge on any atom is -0.237 e. The second kappa shape index (κ2) is 3.54. The molecule has 1 aromatic heterocycles. The van der Waals surface area contributed by atoms with Crippen LogP contribution in [0.3, 0.4) is 0 Å². The van der Waals surface area contributed by atoms with Crippen LogP contribution in [0, 0.1) is 6.92 Å². The minimum absolute atomic E-state index is 0.536. The summed E-state index contributed by atoms with van der Waals surface area (Å²) in [4.78, 5) is 8.68. The third-order valence-electron chi connectivity index (χ3n) is 2.46. The molecule has 4 heteroatoms. The maximum absolute atomic E-state index is 5.95. The molecule has 0 atom stereocenters. The quantitative estimate of drug-likeness (QED) is 0.724. The van der Waals surface area contributed by atoms with Crippen molar-refractivity contribution in [1.29, 1.82) is 0 Å². The molecular weight excluding hydrogens is 251 g/mol. The summed E-state index contributed by atoms with van der Waals surface area (Å²) in [5.74, 6) is 1.46. The van der Waals surface area contributed by atoms with Crippen LogP contribution in [-0.2, 0) is 0 Å². The summed E-state index contributed by atoms with van der Waals surface area (Å²) in [6, 6.07) is 0. The lowest BCUT2D eigenvalue weighted by Gasteiger charge is -2.24. The van der Waals surface area contributed by atoms with Gasteiger partial charge in [0, 0.05) is 5.92 Å². The highest BCUT2D eigenvalue weighted by Crippen LogP contribution is 2.36. The van der Waals surface area contributed by atoms with Crippen molar-refractivity contribution in [3.63, 3.8) is 0 Å². The van der Waals surface area contributed by atoms with E-state index in [4.69, 9.17) is 11.6 Å². The first-order valence-corrected chi connectivity index (χ1v) is 5.55. The van der Waals surface area contributed by atoms with Gasteiger partial charge in [0.15, 0.2) is 0 Å². The maximum Gasteiger partial charge on any atom is 0.147 e. The van der Waals surface area contributed by atoms with Gasteiger partial charge < -0.3 is 0 Å². The Morgan fingerprint density at radius 3 is 2.54 bits per heavy atom. The van der Waals surface area contributed by atoms with Crippen molar-refractivity contribution in [2.75, 3.05) is 0 Å². The summed E-state index contributed by atoms with van der Waals surface area (Å²) in [6.07, 6.45) is 3.70. The minimum atomic E-state index is 0.536. The molecule has 1 aliphatic carbocycles. The average Bonchev–Trinajstić information content (AvgIpc) is 1.96. The van der Waals surface area contributed by atoms with Gasteiger partial charge >= 0.3 is 0 Å². The molecular formula is C9H10BrClN2. The normalized spacial score (nSPS) is 17.2. The Labute approximate surface area is 90.9 Å². The molecule has 0 radical (unpaired) electrons. The SMILES string of the molecule is Cc1nc(C2CCC2)nc(Cl)c1Br. The summed E-state index contributed by atoms with van der Waals surface area (Å²) < 4.78 is 0.817. The molecule has 2 nitrogen and oxygen atoms in total. The molecule has 0 saturated heterocycles. The highest BCUT2D eigenvalue weighted by Gasteiger charge is 2.23. The number of halogens is 2. The topological polar surface area (TPSA) is 25.8 Å². The standard InChI is InChI=1S/C9H10BrClN2/c1-5-7(10)8(11)13-9(12-5)6-3-2-4-6/h6H,2-4H2,1H3. The highest BCUT2D eigenvalue weighted by molar-refractivity contribution is 9.10. The van der Waals surface area contributed by atoms with Crippen LogP contribution in [0.15, 0.2) is 4.47 Å². The van der Waals surface area contributed by atoms with E-state index in [1.54, 1.807) is 0 Å². The predicted octanol–water partition coefficient (Wildman–Crippen LogP) is 3.47. The number of aromatic nitrogens is 2. The number of aryl methyl sites for hydroxylation is 1. The van der Waals surface area contributed by atoms with Gasteiger partial charge in [-0.2, -0.15) is 0 Å². The third kappa shape index (κ3) is 1.72. The zero-order chi connectivity index (χ0) is 9.42. The van der Waals surface area contributed by atoms with E-state index < -0.39 is 0 Å². The van der Waals surface area contributed by atoms with Gasteiger partial charge in [-0.05, 0) is 35.7 Å². The molecule has 2 rings (SSSR count). The lowest BCUT2D eigenvalue weighted by Crippen LogP contribution is -2.13. The zero-order valence-electron chi connectivity index (χ0n) is 7.35. The van der Waals surface area contributed by atoms with E-state index >= 15 is 0 Å². The maximum atomic E-state index is 5.95. The molecule has 0 unspecified atom stereocenters. The Bertz CT molecular complexity index is 313. The van der Waals surface area contributed by atoms with Crippen molar-refractivity contribution in [2.45, 2.75) is 32.1 Å². The summed E-state index contributed by atoms with van der Waals surface area (Å²) >= 11 is 9.29. The molecule has 1 heterocycles. The number of hydrogen-bond donors (Lipinski definition) is 0. The molecule has 1 aliphatic rings. The summed E-state index contributed by atoms with van der Waals surface area (Å²) in [6.45, 7) is 1.94. The highest BCUT2D eigenvalue weighted by atomic mass is 79.9. The van der Waals surface area contributed by atoms with Gasteiger partial charge in [-0.15, -0.1) is 0 Å². The van der Waals surface area contributed by atoms with Gasteiger partial charge in [0.1, 0.15) is 11.0 Å². The van der Waals surface area contributed by atoms with E-state index in [2.05, 4.69) is 25.9 Å². The molecule has 0 bridgehead atoms. The van der Waals surface area contributed by atoms with E-state index in [1.807, 2.05) is 6.92 Å². The molecule has 70 valence electrons. The fraction of sp³-hybridized carbons (Fsp3) is 0.556.